The Bertz CT molecular complexity index is 1120. The Kier molecular flexibility index (Phi) is 7.98. The van der Waals surface area contributed by atoms with Gasteiger partial charge in [0.2, 0.25) is 15.9 Å². The van der Waals surface area contributed by atoms with Crippen LogP contribution < -0.4 is 10.1 Å². The van der Waals surface area contributed by atoms with Gasteiger partial charge in [0, 0.05) is 13.1 Å². The van der Waals surface area contributed by atoms with Crippen LogP contribution in [0.15, 0.2) is 89.8 Å². The van der Waals surface area contributed by atoms with Crippen molar-refractivity contribution in [2.75, 3.05) is 26.2 Å². The van der Waals surface area contributed by atoms with E-state index in [0.717, 1.165) is 30.4 Å². The zero-order valence-electron chi connectivity index (χ0n) is 19.1. The Hall–Kier alpha value is -3.16. The minimum absolute atomic E-state index is 0.0935. The van der Waals surface area contributed by atoms with E-state index >= 15 is 0 Å². The quantitative estimate of drug-likeness (QED) is 0.468. The van der Waals surface area contributed by atoms with Gasteiger partial charge < -0.3 is 10.1 Å². The van der Waals surface area contributed by atoms with Crippen molar-refractivity contribution in [2.45, 2.75) is 30.1 Å². The van der Waals surface area contributed by atoms with Gasteiger partial charge in [-0.3, -0.25) is 4.79 Å². The summed E-state index contributed by atoms with van der Waals surface area (Å²) >= 11 is 0. The van der Waals surface area contributed by atoms with Crippen LogP contribution in [0.1, 0.15) is 36.3 Å². The highest BCUT2D eigenvalue weighted by Crippen LogP contribution is 2.25. The van der Waals surface area contributed by atoms with Gasteiger partial charge in [0.05, 0.1) is 17.4 Å². The smallest absolute Gasteiger partial charge is 0.243 e. The molecule has 178 valence electrons. The van der Waals surface area contributed by atoms with Gasteiger partial charge >= 0.3 is 0 Å². The molecule has 0 spiro atoms. The molecule has 1 heterocycles. The number of carbonyl (C=O) groups excluding carboxylic acids is 1. The Balaban J connectivity index is 1.32. The molecule has 0 unspecified atom stereocenters. The Morgan fingerprint density at radius 2 is 1.38 bits per heavy atom. The maximum Gasteiger partial charge on any atom is 0.243 e. The first-order valence-corrected chi connectivity index (χ1v) is 13.1. The van der Waals surface area contributed by atoms with E-state index in [1.165, 1.54) is 0 Å². The number of carbonyl (C=O) groups is 1. The maximum absolute atomic E-state index is 13.0. The number of nitrogens with zero attached hydrogens (tertiary/aromatic N) is 1. The third kappa shape index (κ3) is 5.85. The van der Waals surface area contributed by atoms with Crippen LogP contribution >= 0.6 is 0 Å². The number of hydrogen-bond donors (Lipinski definition) is 1. The number of ether oxygens (including phenoxy) is 1. The van der Waals surface area contributed by atoms with Crippen molar-refractivity contribution in [3.05, 3.63) is 96.1 Å². The standard InChI is InChI=1S/C27H30N2O4S/c30-27(26(22-10-4-1-5-11-22)23-12-6-2-7-13-23)28-18-21-33-24-14-16-25(17-15-24)34(31,32)29-19-8-3-9-20-29/h1-2,4-7,10-17,26H,3,8-9,18-21H2,(H,28,30). The first-order valence-electron chi connectivity index (χ1n) is 11.7. The van der Waals surface area contributed by atoms with Crippen LogP contribution in [0, 0.1) is 0 Å². The molecule has 34 heavy (non-hydrogen) atoms. The molecule has 0 atom stereocenters. The summed E-state index contributed by atoms with van der Waals surface area (Å²) < 4.78 is 32.8. The Morgan fingerprint density at radius 1 is 0.824 bits per heavy atom. The molecule has 3 aromatic carbocycles. The van der Waals surface area contributed by atoms with Gasteiger partial charge in [0.1, 0.15) is 12.4 Å². The number of rotatable bonds is 9. The van der Waals surface area contributed by atoms with Crippen LogP contribution in [0.2, 0.25) is 0 Å². The fourth-order valence-corrected chi connectivity index (χ4v) is 5.71. The molecule has 6 nitrogen and oxygen atoms in total. The van der Waals surface area contributed by atoms with Gasteiger partial charge in [0.15, 0.2) is 0 Å². The van der Waals surface area contributed by atoms with E-state index < -0.39 is 15.9 Å². The summed E-state index contributed by atoms with van der Waals surface area (Å²) in [6.07, 6.45) is 2.88. The highest BCUT2D eigenvalue weighted by Gasteiger charge is 2.26. The second kappa shape index (κ2) is 11.3. The number of nitrogens with one attached hydrogen (secondary N) is 1. The molecule has 0 bridgehead atoms. The molecular formula is C27H30N2O4S. The highest BCUT2D eigenvalue weighted by molar-refractivity contribution is 7.89. The summed E-state index contributed by atoms with van der Waals surface area (Å²) in [5, 5.41) is 2.96. The van der Waals surface area contributed by atoms with Crippen LogP contribution in [0.4, 0.5) is 0 Å². The number of hydrogen-bond acceptors (Lipinski definition) is 4. The van der Waals surface area contributed by atoms with E-state index in [0.29, 0.717) is 25.4 Å². The van der Waals surface area contributed by atoms with Crippen LogP contribution in [0.25, 0.3) is 0 Å². The first-order chi connectivity index (χ1) is 16.6. The second-order valence-electron chi connectivity index (χ2n) is 8.33. The normalized spacial score (nSPS) is 14.6. The van der Waals surface area contributed by atoms with E-state index in [4.69, 9.17) is 4.74 Å². The predicted molar refractivity (Wildman–Crippen MR) is 132 cm³/mol. The van der Waals surface area contributed by atoms with Crippen LogP contribution in [0.5, 0.6) is 5.75 Å². The van der Waals surface area contributed by atoms with E-state index in [-0.39, 0.29) is 17.4 Å². The molecule has 1 saturated heterocycles. The summed E-state index contributed by atoms with van der Waals surface area (Å²) in [6.45, 7) is 1.77. The van der Waals surface area contributed by atoms with Crippen LogP contribution in [-0.2, 0) is 14.8 Å². The number of piperidine rings is 1. The van der Waals surface area contributed by atoms with E-state index in [9.17, 15) is 13.2 Å². The molecule has 1 N–H and O–H groups in total. The molecule has 4 rings (SSSR count). The molecule has 0 aromatic heterocycles. The molecule has 1 amide bonds. The molecule has 1 fully saturated rings. The van der Waals surface area contributed by atoms with E-state index in [2.05, 4.69) is 5.32 Å². The summed E-state index contributed by atoms with van der Waals surface area (Å²) in [4.78, 5) is 13.3. The van der Waals surface area contributed by atoms with Crippen molar-refractivity contribution in [1.29, 1.82) is 0 Å². The monoisotopic (exact) mass is 478 g/mol. The minimum Gasteiger partial charge on any atom is -0.492 e. The van der Waals surface area contributed by atoms with E-state index in [1.807, 2.05) is 60.7 Å². The molecule has 0 saturated carbocycles. The minimum atomic E-state index is -3.46. The highest BCUT2D eigenvalue weighted by atomic mass is 32.2. The SMILES string of the molecule is O=C(NCCOc1ccc(S(=O)(=O)N2CCCCC2)cc1)C(c1ccccc1)c1ccccc1. The molecular weight excluding hydrogens is 448 g/mol. The summed E-state index contributed by atoms with van der Waals surface area (Å²) in [5.74, 6) is 0.0696. The predicted octanol–water partition coefficient (Wildman–Crippen LogP) is 4.19. The van der Waals surface area contributed by atoms with E-state index in [1.54, 1.807) is 28.6 Å². The van der Waals surface area contributed by atoms with Crippen LogP contribution in [0.3, 0.4) is 0 Å². The summed E-state index contributed by atoms with van der Waals surface area (Å²) in [5.41, 5.74) is 1.86. The second-order valence-corrected chi connectivity index (χ2v) is 10.3. The maximum atomic E-state index is 13.0. The van der Waals surface area contributed by atoms with Gasteiger partial charge in [-0.25, -0.2) is 8.42 Å². The van der Waals surface area contributed by atoms with Crippen molar-refractivity contribution in [1.82, 2.24) is 9.62 Å². The van der Waals surface area contributed by atoms with Crippen molar-refractivity contribution >= 4 is 15.9 Å². The molecule has 1 aliphatic heterocycles. The molecule has 0 radical (unpaired) electrons. The van der Waals surface area contributed by atoms with Gasteiger partial charge in [-0.1, -0.05) is 67.1 Å². The third-order valence-electron chi connectivity index (χ3n) is 5.97. The Labute approximate surface area is 201 Å². The number of benzene rings is 3. The molecule has 1 aliphatic rings. The van der Waals surface area contributed by atoms with Crippen molar-refractivity contribution in [2.24, 2.45) is 0 Å². The van der Waals surface area contributed by atoms with Crippen molar-refractivity contribution in [3.63, 3.8) is 0 Å². The average Bonchev–Trinajstić information content (AvgIpc) is 2.89. The van der Waals surface area contributed by atoms with Crippen LogP contribution in [-0.4, -0.2) is 44.9 Å². The lowest BCUT2D eigenvalue weighted by atomic mass is 9.90. The summed E-state index contributed by atoms with van der Waals surface area (Å²) in [7, 11) is -3.46. The van der Waals surface area contributed by atoms with Crippen molar-refractivity contribution < 1.29 is 17.9 Å². The topological polar surface area (TPSA) is 75.7 Å². The van der Waals surface area contributed by atoms with Gasteiger partial charge in [-0.15, -0.1) is 0 Å². The fourth-order valence-electron chi connectivity index (χ4n) is 4.19. The molecule has 3 aromatic rings. The first kappa shape index (κ1) is 24.0. The van der Waals surface area contributed by atoms with Gasteiger partial charge in [0.25, 0.3) is 0 Å². The average molecular weight is 479 g/mol. The van der Waals surface area contributed by atoms with Crippen molar-refractivity contribution in [3.8, 4) is 5.75 Å². The zero-order valence-corrected chi connectivity index (χ0v) is 19.9. The Morgan fingerprint density at radius 3 is 1.94 bits per heavy atom. The number of amides is 1. The fraction of sp³-hybridized carbons (Fsp3) is 0.296. The third-order valence-corrected chi connectivity index (χ3v) is 7.89. The lowest BCUT2D eigenvalue weighted by Gasteiger charge is -2.25. The van der Waals surface area contributed by atoms with Gasteiger partial charge in [-0.05, 0) is 48.2 Å². The largest absolute Gasteiger partial charge is 0.492 e. The number of sulfonamides is 1. The lowest BCUT2D eigenvalue weighted by molar-refractivity contribution is -0.121. The molecule has 7 heteroatoms. The van der Waals surface area contributed by atoms with Gasteiger partial charge in [-0.2, -0.15) is 4.31 Å². The summed E-state index contributed by atoms with van der Waals surface area (Å²) in [6, 6.07) is 25.9. The molecule has 0 aliphatic carbocycles. The zero-order chi connectivity index (χ0) is 23.8. The lowest BCUT2D eigenvalue weighted by Crippen LogP contribution is -2.35.